The van der Waals surface area contributed by atoms with Gasteiger partial charge in [0.15, 0.2) is 5.78 Å². The molecule has 0 N–H and O–H groups in total. The van der Waals surface area contributed by atoms with Crippen molar-refractivity contribution >= 4 is 44.8 Å². The molecule has 7 heteroatoms. The second kappa shape index (κ2) is 6.76. The van der Waals surface area contributed by atoms with Crippen LogP contribution in [-0.2, 0) is 0 Å². The molecule has 1 aromatic carbocycles. The Morgan fingerprint density at radius 3 is 2.68 bits per heavy atom. The van der Waals surface area contributed by atoms with Crippen LogP contribution in [0.5, 0.6) is 0 Å². The van der Waals surface area contributed by atoms with Gasteiger partial charge in [-0.3, -0.25) is 4.79 Å². The van der Waals surface area contributed by atoms with E-state index in [1.54, 1.807) is 0 Å². The topological polar surface area (TPSA) is 56.0 Å². The van der Waals surface area contributed by atoms with Crippen LogP contribution in [0.3, 0.4) is 0 Å². The first-order valence-corrected chi connectivity index (χ1v) is 9.03. The zero-order chi connectivity index (χ0) is 15.5. The van der Waals surface area contributed by atoms with Crippen molar-refractivity contribution < 1.29 is 9.21 Å². The molecule has 0 bridgehead atoms. The van der Waals surface area contributed by atoms with Gasteiger partial charge in [0.05, 0.1) is 14.4 Å². The fraction of sp³-hybridized carbons (Fsp3) is 0.133. The number of rotatable bonds is 5. The van der Waals surface area contributed by atoms with Crippen molar-refractivity contribution in [3.05, 3.63) is 50.6 Å². The van der Waals surface area contributed by atoms with E-state index >= 15 is 0 Å². The van der Waals surface area contributed by atoms with Gasteiger partial charge in [0, 0.05) is 5.56 Å². The number of hydrogen-bond acceptors (Lipinski definition) is 6. The summed E-state index contributed by atoms with van der Waals surface area (Å²) < 4.78 is 6.53. The smallest absolute Gasteiger partial charge is 0.277 e. The van der Waals surface area contributed by atoms with E-state index in [2.05, 4.69) is 26.1 Å². The molecule has 0 spiro atoms. The van der Waals surface area contributed by atoms with E-state index in [-0.39, 0.29) is 11.5 Å². The van der Waals surface area contributed by atoms with Crippen LogP contribution in [-0.4, -0.2) is 21.7 Å². The Bertz CT molecular complexity index is 796. The number of benzene rings is 1. The number of aromatic nitrogens is 2. The molecule has 22 heavy (non-hydrogen) atoms. The highest BCUT2D eigenvalue weighted by molar-refractivity contribution is 9.11. The predicted molar refractivity (Wildman–Crippen MR) is 91.5 cm³/mol. The third-order valence-corrected chi connectivity index (χ3v) is 5.36. The first kappa shape index (κ1) is 15.5. The Morgan fingerprint density at radius 2 is 2.00 bits per heavy atom. The largest absolute Gasteiger partial charge is 0.411 e. The average molecular weight is 395 g/mol. The molecule has 0 aliphatic heterocycles. The summed E-state index contributed by atoms with van der Waals surface area (Å²) in [7, 11) is 0. The number of halogens is 1. The minimum atomic E-state index is 0.0517. The molecule has 0 saturated carbocycles. The predicted octanol–water partition coefficient (Wildman–Crippen LogP) is 4.84. The molecule has 0 aliphatic carbocycles. The van der Waals surface area contributed by atoms with Gasteiger partial charge in [-0.05, 0) is 47.1 Å². The summed E-state index contributed by atoms with van der Waals surface area (Å²) in [6.45, 7) is 2.02. The lowest BCUT2D eigenvalue weighted by Gasteiger charge is -1.96. The molecule has 4 nitrogen and oxygen atoms in total. The lowest BCUT2D eigenvalue weighted by Crippen LogP contribution is -1.98. The maximum atomic E-state index is 12.0. The Kier molecular flexibility index (Phi) is 4.75. The highest BCUT2D eigenvalue weighted by Gasteiger charge is 2.13. The van der Waals surface area contributed by atoms with E-state index in [0.717, 1.165) is 14.2 Å². The number of aryl methyl sites for hydroxylation is 1. The van der Waals surface area contributed by atoms with Gasteiger partial charge in [0.25, 0.3) is 5.22 Å². The zero-order valence-electron chi connectivity index (χ0n) is 11.6. The number of carbonyl (C=O) groups is 1. The van der Waals surface area contributed by atoms with Crippen LogP contribution in [0.2, 0.25) is 0 Å². The van der Waals surface area contributed by atoms with Crippen molar-refractivity contribution in [3.8, 4) is 11.5 Å². The van der Waals surface area contributed by atoms with Crippen LogP contribution in [0, 0.1) is 6.92 Å². The highest BCUT2D eigenvalue weighted by atomic mass is 79.9. The van der Waals surface area contributed by atoms with Crippen LogP contribution in [0.15, 0.2) is 49.8 Å². The van der Waals surface area contributed by atoms with Crippen molar-refractivity contribution in [2.24, 2.45) is 0 Å². The summed E-state index contributed by atoms with van der Waals surface area (Å²) in [5, 5.41) is 8.39. The normalized spacial score (nSPS) is 10.8. The molecule has 112 valence electrons. The summed E-state index contributed by atoms with van der Waals surface area (Å²) in [6, 6.07) is 11.5. The Balaban J connectivity index is 1.64. The summed E-state index contributed by atoms with van der Waals surface area (Å²) >= 11 is 6.02. The van der Waals surface area contributed by atoms with E-state index in [4.69, 9.17) is 4.42 Å². The van der Waals surface area contributed by atoms with Crippen molar-refractivity contribution in [2.45, 2.75) is 12.1 Å². The molecule has 2 heterocycles. The lowest BCUT2D eigenvalue weighted by atomic mass is 10.1. The van der Waals surface area contributed by atoms with E-state index in [0.29, 0.717) is 11.1 Å². The molecule has 0 unspecified atom stereocenters. The maximum Gasteiger partial charge on any atom is 0.277 e. The molecular formula is C15H11BrN2O2S2. The van der Waals surface area contributed by atoms with Crippen molar-refractivity contribution in [2.75, 3.05) is 5.75 Å². The Hall–Kier alpha value is -1.44. The monoisotopic (exact) mass is 394 g/mol. The van der Waals surface area contributed by atoms with E-state index in [1.807, 2.05) is 43.3 Å². The van der Waals surface area contributed by atoms with Crippen LogP contribution >= 0.6 is 39.0 Å². The number of thiophene rings is 1. The highest BCUT2D eigenvalue weighted by Crippen LogP contribution is 2.26. The molecule has 0 aliphatic rings. The molecule has 3 aromatic rings. The lowest BCUT2D eigenvalue weighted by molar-refractivity contribution is 0.102. The Labute approximate surface area is 144 Å². The van der Waals surface area contributed by atoms with Crippen molar-refractivity contribution in [1.29, 1.82) is 0 Å². The molecule has 0 saturated heterocycles. The molecular weight excluding hydrogens is 384 g/mol. The van der Waals surface area contributed by atoms with Crippen LogP contribution in [0.1, 0.15) is 15.2 Å². The van der Waals surface area contributed by atoms with E-state index in [9.17, 15) is 4.79 Å². The van der Waals surface area contributed by atoms with Gasteiger partial charge in [-0.2, -0.15) is 0 Å². The maximum absolute atomic E-state index is 12.0. The third-order valence-electron chi connectivity index (χ3n) is 2.88. The second-order valence-electron chi connectivity index (χ2n) is 4.55. The first-order chi connectivity index (χ1) is 10.6. The number of Topliss-reactive ketones (excluding diaryl/α,β-unsaturated/α-hetero) is 1. The molecule has 0 amide bonds. The summed E-state index contributed by atoms with van der Waals surface area (Å²) in [5.41, 5.74) is 2.05. The molecule has 0 atom stereocenters. The van der Waals surface area contributed by atoms with Crippen LogP contribution < -0.4 is 0 Å². The van der Waals surface area contributed by atoms with Gasteiger partial charge in [-0.15, -0.1) is 21.5 Å². The number of thioether (sulfide) groups is 1. The molecule has 3 rings (SSSR count). The standard InChI is InChI=1S/C15H11BrN2O2S2/c1-9-2-4-10(5-3-9)14-17-18-15(20-14)21-8-11(19)12-6-7-13(16)22-12/h2-7H,8H2,1H3. The minimum absolute atomic E-state index is 0.0517. The van der Waals surface area contributed by atoms with Crippen LogP contribution in [0.4, 0.5) is 0 Å². The number of nitrogens with zero attached hydrogens (tertiary/aromatic N) is 2. The summed E-state index contributed by atoms with van der Waals surface area (Å²) in [6.07, 6.45) is 0. The van der Waals surface area contributed by atoms with Gasteiger partial charge >= 0.3 is 0 Å². The minimum Gasteiger partial charge on any atom is -0.411 e. The quantitative estimate of drug-likeness (QED) is 0.457. The number of ketones is 1. The van der Waals surface area contributed by atoms with Crippen LogP contribution in [0.25, 0.3) is 11.5 Å². The van der Waals surface area contributed by atoms with Gasteiger partial charge in [-0.1, -0.05) is 29.5 Å². The fourth-order valence-corrected chi connectivity index (χ4v) is 3.80. The van der Waals surface area contributed by atoms with E-state index in [1.165, 1.54) is 28.7 Å². The Morgan fingerprint density at radius 1 is 1.23 bits per heavy atom. The van der Waals surface area contributed by atoms with Crippen molar-refractivity contribution in [3.63, 3.8) is 0 Å². The third kappa shape index (κ3) is 3.66. The average Bonchev–Trinajstić information content (AvgIpc) is 3.15. The van der Waals surface area contributed by atoms with Gasteiger partial charge in [0.2, 0.25) is 5.89 Å². The summed E-state index contributed by atoms with van der Waals surface area (Å²) in [4.78, 5) is 12.7. The molecule has 2 aromatic heterocycles. The fourth-order valence-electron chi connectivity index (χ4n) is 1.74. The summed E-state index contributed by atoms with van der Waals surface area (Å²) in [5.74, 6) is 0.798. The van der Waals surface area contributed by atoms with E-state index < -0.39 is 0 Å². The molecule has 0 fully saturated rings. The van der Waals surface area contributed by atoms with Gasteiger partial charge in [-0.25, -0.2) is 0 Å². The van der Waals surface area contributed by atoms with Gasteiger partial charge < -0.3 is 4.42 Å². The zero-order valence-corrected chi connectivity index (χ0v) is 14.8. The number of carbonyl (C=O) groups excluding carboxylic acids is 1. The first-order valence-electron chi connectivity index (χ1n) is 6.44. The second-order valence-corrected chi connectivity index (χ2v) is 7.94. The molecule has 0 radical (unpaired) electrons. The SMILES string of the molecule is Cc1ccc(-c2nnc(SCC(=O)c3ccc(Br)s3)o2)cc1. The van der Waals surface area contributed by atoms with Crippen molar-refractivity contribution in [1.82, 2.24) is 10.2 Å². The number of hydrogen-bond donors (Lipinski definition) is 0. The van der Waals surface area contributed by atoms with Gasteiger partial charge in [0.1, 0.15) is 0 Å².